The zero-order valence-corrected chi connectivity index (χ0v) is 47.4. The van der Waals surface area contributed by atoms with Gasteiger partial charge in [-0.15, -0.1) is 0 Å². The van der Waals surface area contributed by atoms with Crippen molar-refractivity contribution in [1.82, 2.24) is 0 Å². The topological polar surface area (TPSA) is 134 Å². The summed E-state index contributed by atoms with van der Waals surface area (Å²) in [5.74, 6) is -0.808. The number of phosphoric acid groups is 1. The van der Waals surface area contributed by atoms with Crippen molar-refractivity contribution in [3.05, 3.63) is 12.2 Å². The van der Waals surface area contributed by atoms with E-state index < -0.39 is 26.5 Å². The summed E-state index contributed by atoms with van der Waals surface area (Å²) in [6.45, 7) is 3.79. The average Bonchev–Trinajstić information content (AvgIpc) is 3.35. The molecule has 0 aliphatic carbocycles. The van der Waals surface area contributed by atoms with Crippen molar-refractivity contribution in [2.75, 3.05) is 26.4 Å². The lowest BCUT2D eigenvalue weighted by atomic mass is 10.0. The Bertz CT molecular complexity index is 1150. The molecule has 0 fully saturated rings. The minimum atomic E-state index is -4.38. The van der Waals surface area contributed by atoms with Crippen LogP contribution in [0.1, 0.15) is 328 Å². The summed E-state index contributed by atoms with van der Waals surface area (Å²) in [4.78, 5) is 35.1. The van der Waals surface area contributed by atoms with Crippen molar-refractivity contribution >= 4 is 19.8 Å². The summed E-state index contributed by atoms with van der Waals surface area (Å²) in [6, 6.07) is 0. The molecule has 0 aromatic rings. The van der Waals surface area contributed by atoms with E-state index in [9.17, 15) is 19.0 Å². The molecule has 0 heterocycles. The van der Waals surface area contributed by atoms with E-state index in [1.165, 1.54) is 263 Å². The van der Waals surface area contributed by atoms with Crippen LogP contribution in [0.3, 0.4) is 0 Å². The monoisotopic (exact) mass is 1010 g/mol. The quantitative estimate of drug-likeness (QED) is 0.0264. The molecule has 3 N–H and O–H groups in total. The Labute approximate surface area is 434 Å². The van der Waals surface area contributed by atoms with E-state index in [0.717, 1.165) is 32.1 Å². The van der Waals surface area contributed by atoms with E-state index in [-0.39, 0.29) is 38.6 Å². The third kappa shape index (κ3) is 56.1. The Kier molecular flexibility index (Phi) is 56.0. The van der Waals surface area contributed by atoms with Gasteiger partial charge in [-0.05, 0) is 38.5 Å². The first-order valence-electron chi connectivity index (χ1n) is 30.7. The molecule has 0 spiro atoms. The van der Waals surface area contributed by atoms with Crippen molar-refractivity contribution in [2.45, 2.75) is 335 Å². The highest BCUT2D eigenvalue weighted by Crippen LogP contribution is 2.43. The summed E-state index contributed by atoms with van der Waals surface area (Å²) in [7, 11) is -4.38. The van der Waals surface area contributed by atoms with E-state index in [0.29, 0.717) is 6.42 Å². The van der Waals surface area contributed by atoms with Crippen molar-refractivity contribution in [3.8, 4) is 0 Å². The summed E-state index contributed by atoms with van der Waals surface area (Å²) < 4.78 is 33.0. The number of carbonyl (C=O) groups excluding carboxylic acids is 2. The lowest BCUT2D eigenvalue weighted by Gasteiger charge is -2.19. The molecule has 70 heavy (non-hydrogen) atoms. The van der Waals surface area contributed by atoms with Gasteiger partial charge >= 0.3 is 19.8 Å². The van der Waals surface area contributed by atoms with E-state index in [2.05, 4.69) is 26.0 Å². The fourth-order valence-electron chi connectivity index (χ4n) is 9.34. The second kappa shape index (κ2) is 57.0. The first-order valence-corrected chi connectivity index (χ1v) is 32.2. The number of nitrogens with two attached hydrogens (primary N) is 1. The molecule has 0 saturated carbocycles. The number of allylic oxidation sites excluding steroid dienone is 2. The minimum Gasteiger partial charge on any atom is -0.462 e. The summed E-state index contributed by atoms with van der Waals surface area (Å²) in [5, 5.41) is 0. The maximum Gasteiger partial charge on any atom is 0.472 e. The Morgan fingerprint density at radius 1 is 0.414 bits per heavy atom. The molecule has 0 amide bonds. The third-order valence-corrected chi connectivity index (χ3v) is 14.9. The highest BCUT2D eigenvalue weighted by atomic mass is 31.2. The molecule has 0 rings (SSSR count). The molecule has 0 aromatic heterocycles. The molecule has 0 aromatic carbocycles. The van der Waals surface area contributed by atoms with Crippen LogP contribution in [0.4, 0.5) is 0 Å². The van der Waals surface area contributed by atoms with Crippen LogP contribution in [-0.4, -0.2) is 49.3 Å². The zero-order chi connectivity index (χ0) is 51.0. The predicted octanol–water partition coefficient (Wildman–Crippen LogP) is 19.2. The molecule has 2 unspecified atom stereocenters. The Morgan fingerprint density at radius 3 is 1.01 bits per heavy atom. The Morgan fingerprint density at radius 2 is 0.700 bits per heavy atom. The molecule has 0 aliphatic rings. The maximum absolute atomic E-state index is 12.7. The largest absolute Gasteiger partial charge is 0.472 e. The van der Waals surface area contributed by atoms with E-state index in [1.807, 2.05) is 0 Å². The molecule has 2 atom stereocenters. The van der Waals surface area contributed by atoms with Crippen molar-refractivity contribution in [2.24, 2.45) is 5.73 Å². The highest BCUT2D eigenvalue weighted by Gasteiger charge is 2.26. The molecular formula is C60H118NO8P. The number of carbonyl (C=O) groups is 2. The van der Waals surface area contributed by atoms with Crippen molar-refractivity contribution in [3.63, 3.8) is 0 Å². The van der Waals surface area contributed by atoms with Crippen LogP contribution < -0.4 is 5.73 Å². The fourth-order valence-corrected chi connectivity index (χ4v) is 10.1. The normalized spacial score (nSPS) is 13.0. The van der Waals surface area contributed by atoms with Gasteiger partial charge in [0, 0.05) is 19.4 Å². The maximum atomic E-state index is 12.7. The third-order valence-electron chi connectivity index (χ3n) is 13.9. The first kappa shape index (κ1) is 68.8. The lowest BCUT2D eigenvalue weighted by Crippen LogP contribution is -2.29. The lowest BCUT2D eigenvalue weighted by molar-refractivity contribution is -0.161. The highest BCUT2D eigenvalue weighted by molar-refractivity contribution is 7.47. The van der Waals surface area contributed by atoms with Crippen LogP contribution in [0, 0.1) is 0 Å². The smallest absolute Gasteiger partial charge is 0.462 e. The molecule has 416 valence electrons. The SMILES string of the molecule is CCCCCCCCCC/C=C\CCCCCCCCCCCCCCCCCCCCCCCCCCCC(=O)OC(COC(=O)CCCCCCCCCCCCCC)COP(=O)(O)OCCN. The number of phosphoric ester groups is 1. The standard InChI is InChI=1S/C60H118NO8P/c1-3-5-7-9-11-13-15-17-18-19-20-21-22-23-24-25-26-27-28-29-30-31-32-33-34-35-36-37-38-39-40-41-43-45-47-49-51-53-60(63)69-58(57-68-70(64,65)67-55-54-61)56-66-59(62)52-50-48-46-44-42-16-14-12-10-8-6-4-2/h19-20,58H,3-18,21-57,61H2,1-2H3,(H,64,65)/b20-19-. The molecule has 0 radical (unpaired) electrons. The molecular weight excluding hydrogens is 894 g/mol. The average molecular weight is 1010 g/mol. The Hall–Kier alpha value is -1.25. The van der Waals surface area contributed by atoms with Gasteiger partial charge in [-0.2, -0.15) is 0 Å². The van der Waals surface area contributed by atoms with Gasteiger partial charge in [-0.25, -0.2) is 4.57 Å². The molecule has 9 nitrogen and oxygen atoms in total. The van der Waals surface area contributed by atoms with Gasteiger partial charge < -0.3 is 20.1 Å². The van der Waals surface area contributed by atoms with E-state index in [4.69, 9.17) is 24.3 Å². The van der Waals surface area contributed by atoms with E-state index in [1.54, 1.807) is 0 Å². The van der Waals surface area contributed by atoms with Gasteiger partial charge in [0.05, 0.1) is 13.2 Å². The number of esters is 2. The van der Waals surface area contributed by atoms with Gasteiger partial charge in [0.25, 0.3) is 0 Å². The van der Waals surface area contributed by atoms with Crippen molar-refractivity contribution in [1.29, 1.82) is 0 Å². The minimum absolute atomic E-state index is 0.0577. The summed E-state index contributed by atoms with van der Waals surface area (Å²) in [5.41, 5.74) is 5.37. The van der Waals surface area contributed by atoms with Crippen LogP contribution in [0.2, 0.25) is 0 Å². The van der Waals surface area contributed by atoms with Crippen LogP contribution in [0.5, 0.6) is 0 Å². The summed E-state index contributed by atoms with van der Waals surface area (Å²) in [6.07, 6.45) is 66.0. The van der Waals surface area contributed by atoms with Gasteiger partial charge in [-0.3, -0.25) is 18.6 Å². The predicted molar refractivity (Wildman–Crippen MR) is 298 cm³/mol. The van der Waals surface area contributed by atoms with Crippen LogP contribution >= 0.6 is 7.82 Å². The second-order valence-corrected chi connectivity index (χ2v) is 22.4. The zero-order valence-electron chi connectivity index (χ0n) is 46.5. The van der Waals surface area contributed by atoms with Crippen molar-refractivity contribution < 1.29 is 37.6 Å². The molecule has 10 heteroatoms. The number of rotatable bonds is 59. The van der Waals surface area contributed by atoms with Crippen LogP contribution in [-0.2, 0) is 32.7 Å². The van der Waals surface area contributed by atoms with Crippen LogP contribution in [0.15, 0.2) is 12.2 Å². The summed E-state index contributed by atoms with van der Waals surface area (Å²) >= 11 is 0. The van der Waals surface area contributed by atoms with Gasteiger partial charge in [-0.1, -0.05) is 289 Å². The van der Waals surface area contributed by atoms with Crippen LogP contribution in [0.25, 0.3) is 0 Å². The molecule has 0 bridgehead atoms. The number of unbranched alkanes of at least 4 members (excludes halogenated alkanes) is 44. The molecule has 0 saturated heterocycles. The Balaban J connectivity index is 3.72. The number of hydrogen-bond donors (Lipinski definition) is 2. The van der Waals surface area contributed by atoms with Gasteiger partial charge in [0.2, 0.25) is 0 Å². The number of hydrogen-bond acceptors (Lipinski definition) is 8. The van der Waals surface area contributed by atoms with E-state index >= 15 is 0 Å². The van der Waals surface area contributed by atoms with Gasteiger partial charge in [0.15, 0.2) is 6.10 Å². The molecule has 0 aliphatic heterocycles. The second-order valence-electron chi connectivity index (χ2n) is 20.9. The van der Waals surface area contributed by atoms with Gasteiger partial charge in [0.1, 0.15) is 6.61 Å². The first-order chi connectivity index (χ1) is 34.3. The number of ether oxygens (including phenoxy) is 2. The fraction of sp³-hybridized carbons (Fsp3) is 0.933.